The molecule has 0 aliphatic rings. The van der Waals surface area contributed by atoms with E-state index in [1.807, 2.05) is 6.92 Å². The molecule has 1 rings (SSSR count). The molecular formula is C12H16Cl2N2O2. The normalized spacial score (nSPS) is 12.2. The highest BCUT2D eigenvalue weighted by Gasteiger charge is 2.13. The first-order valence-corrected chi connectivity index (χ1v) is 6.39. The molecule has 3 N–H and O–H groups in total. The van der Waals surface area contributed by atoms with Crippen LogP contribution in [-0.2, 0) is 11.3 Å². The van der Waals surface area contributed by atoms with Crippen LogP contribution in [0.3, 0.4) is 0 Å². The minimum atomic E-state index is -0.359. The molecule has 0 aliphatic heterocycles. The van der Waals surface area contributed by atoms with E-state index >= 15 is 0 Å². The fourth-order valence-electron chi connectivity index (χ4n) is 1.44. The van der Waals surface area contributed by atoms with Crippen LogP contribution in [-0.4, -0.2) is 23.6 Å². The SMILES string of the molecule is CCNC(=O)C(C)NCc1cc(Cl)cc(Cl)c1O. The molecule has 0 radical (unpaired) electrons. The van der Waals surface area contributed by atoms with E-state index in [2.05, 4.69) is 10.6 Å². The number of benzene rings is 1. The van der Waals surface area contributed by atoms with Gasteiger partial charge in [0.15, 0.2) is 0 Å². The summed E-state index contributed by atoms with van der Waals surface area (Å²) < 4.78 is 0. The van der Waals surface area contributed by atoms with E-state index in [1.54, 1.807) is 13.0 Å². The molecule has 1 atom stereocenters. The molecule has 1 aromatic carbocycles. The van der Waals surface area contributed by atoms with E-state index in [-0.39, 0.29) is 22.7 Å². The number of halogens is 2. The quantitative estimate of drug-likeness (QED) is 0.780. The third-order valence-corrected chi connectivity index (χ3v) is 2.96. The van der Waals surface area contributed by atoms with Crippen molar-refractivity contribution in [3.05, 3.63) is 27.7 Å². The monoisotopic (exact) mass is 290 g/mol. The first-order valence-electron chi connectivity index (χ1n) is 5.63. The molecule has 0 saturated heterocycles. The van der Waals surface area contributed by atoms with Gasteiger partial charge >= 0.3 is 0 Å². The highest BCUT2D eigenvalue weighted by atomic mass is 35.5. The maximum absolute atomic E-state index is 11.5. The fraction of sp³-hybridized carbons (Fsp3) is 0.417. The topological polar surface area (TPSA) is 61.4 Å². The van der Waals surface area contributed by atoms with Crippen molar-refractivity contribution in [2.45, 2.75) is 26.4 Å². The second-order valence-corrected chi connectivity index (χ2v) is 4.74. The second kappa shape index (κ2) is 6.83. The minimum Gasteiger partial charge on any atom is -0.506 e. The predicted octanol–water partition coefficient (Wildman–Crippen LogP) is 2.31. The van der Waals surface area contributed by atoms with E-state index < -0.39 is 0 Å². The van der Waals surface area contributed by atoms with Gasteiger partial charge in [-0.1, -0.05) is 23.2 Å². The number of rotatable bonds is 5. The Balaban J connectivity index is 2.66. The van der Waals surface area contributed by atoms with E-state index in [4.69, 9.17) is 23.2 Å². The van der Waals surface area contributed by atoms with Crippen molar-refractivity contribution >= 4 is 29.1 Å². The van der Waals surface area contributed by atoms with E-state index in [0.717, 1.165) is 0 Å². The maximum atomic E-state index is 11.5. The smallest absolute Gasteiger partial charge is 0.236 e. The summed E-state index contributed by atoms with van der Waals surface area (Å²) in [6, 6.07) is 2.72. The molecule has 1 unspecified atom stereocenters. The lowest BCUT2D eigenvalue weighted by molar-refractivity contribution is -0.122. The standard InChI is InChI=1S/C12H16Cl2N2O2/c1-3-15-12(18)7(2)16-6-8-4-9(13)5-10(14)11(8)17/h4-5,7,16-17H,3,6H2,1-2H3,(H,15,18). The molecule has 0 bridgehead atoms. The summed E-state index contributed by atoms with van der Waals surface area (Å²) >= 11 is 11.7. The molecule has 0 fully saturated rings. The summed E-state index contributed by atoms with van der Waals surface area (Å²) in [7, 11) is 0. The third kappa shape index (κ3) is 4.05. The largest absolute Gasteiger partial charge is 0.506 e. The molecule has 1 amide bonds. The number of aromatic hydroxyl groups is 1. The van der Waals surface area contributed by atoms with Gasteiger partial charge in [0.2, 0.25) is 5.91 Å². The molecule has 0 aromatic heterocycles. The van der Waals surface area contributed by atoms with Gasteiger partial charge < -0.3 is 15.7 Å². The summed E-state index contributed by atoms with van der Waals surface area (Å²) in [5, 5.41) is 16.1. The Morgan fingerprint density at radius 1 is 1.44 bits per heavy atom. The number of hydrogen-bond acceptors (Lipinski definition) is 3. The zero-order valence-corrected chi connectivity index (χ0v) is 11.8. The summed E-state index contributed by atoms with van der Waals surface area (Å²) in [6.45, 7) is 4.49. The molecule has 6 heteroatoms. The Morgan fingerprint density at radius 3 is 2.72 bits per heavy atom. The van der Waals surface area contributed by atoms with Crippen LogP contribution in [0.2, 0.25) is 10.0 Å². The number of carbonyl (C=O) groups excluding carboxylic acids is 1. The van der Waals surface area contributed by atoms with Gasteiger partial charge in [0.05, 0.1) is 11.1 Å². The fourth-order valence-corrected chi connectivity index (χ4v) is 1.97. The number of phenolic OH excluding ortho intramolecular Hbond substituents is 1. The van der Waals surface area contributed by atoms with Gasteiger partial charge in [0.1, 0.15) is 5.75 Å². The van der Waals surface area contributed by atoms with Crippen LogP contribution in [0.25, 0.3) is 0 Å². The number of amides is 1. The molecule has 0 saturated carbocycles. The van der Waals surface area contributed by atoms with Gasteiger partial charge in [0.25, 0.3) is 0 Å². The molecule has 0 aliphatic carbocycles. The highest BCUT2D eigenvalue weighted by molar-refractivity contribution is 6.35. The Labute approximate surface area is 116 Å². The second-order valence-electron chi connectivity index (χ2n) is 3.89. The Kier molecular flexibility index (Phi) is 5.72. The summed E-state index contributed by atoms with van der Waals surface area (Å²) in [5.41, 5.74) is 0.559. The Hall–Kier alpha value is -0.970. The predicted molar refractivity (Wildman–Crippen MR) is 73.1 cm³/mol. The van der Waals surface area contributed by atoms with Crippen LogP contribution in [0.5, 0.6) is 5.75 Å². The number of nitrogens with one attached hydrogen (secondary N) is 2. The molecule has 1 aromatic rings. The number of likely N-dealkylation sites (N-methyl/N-ethyl adjacent to an activating group) is 1. The van der Waals surface area contributed by atoms with Crippen molar-refractivity contribution in [3.63, 3.8) is 0 Å². The molecule has 0 heterocycles. The van der Waals surface area contributed by atoms with Crippen molar-refractivity contribution < 1.29 is 9.90 Å². The number of hydrogen-bond donors (Lipinski definition) is 3. The van der Waals surface area contributed by atoms with Gasteiger partial charge in [-0.2, -0.15) is 0 Å². The van der Waals surface area contributed by atoms with Gasteiger partial charge in [-0.05, 0) is 26.0 Å². The Bertz CT molecular complexity index is 438. The average Bonchev–Trinajstić information content (AvgIpc) is 2.31. The van der Waals surface area contributed by atoms with Crippen molar-refractivity contribution in [1.29, 1.82) is 0 Å². The third-order valence-electron chi connectivity index (χ3n) is 2.45. The van der Waals surface area contributed by atoms with Crippen molar-refractivity contribution in [3.8, 4) is 5.75 Å². The summed E-state index contributed by atoms with van der Waals surface area (Å²) in [4.78, 5) is 11.5. The highest BCUT2D eigenvalue weighted by Crippen LogP contribution is 2.30. The first-order chi connectivity index (χ1) is 8.45. The van der Waals surface area contributed by atoms with Crippen LogP contribution in [0, 0.1) is 0 Å². The lowest BCUT2D eigenvalue weighted by Crippen LogP contribution is -2.41. The minimum absolute atomic E-state index is 0.0170. The van der Waals surface area contributed by atoms with Crippen molar-refractivity contribution in [2.24, 2.45) is 0 Å². The van der Waals surface area contributed by atoms with E-state index in [9.17, 15) is 9.90 Å². The molecule has 18 heavy (non-hydrogen) atoms. The summed E-state index contributed by atoms with van der Waals surface area (Å²) in [5.74, 6) is -0.109. The maximum Gasteiger partial charge on any atom is 0.236 e. The van der Waals surface area contributed by atoms with Crippen LogP contribution in [0.1, 0.15) is 19.4 Å². The lowest BCUT2D eigenvalue weighted by atomic mass is 10.2. The lowest BCUT2D eigenvalue weighted by Gasteiger charge is -2.14. The van der Waals surface area contributed by atoms with Crippen molar-refractivity contribution in [1.82, 2.24) is 10.6 Å². The molecule has 0 spiro atoms. The molecular weight excluding hydrogens is 275 g/mol. The van der Waals surface area contributed by atoms with Gasteiger partial charge in [-0.3, -0.25) is 4.79 Å². The van der Waals surface area contributed by atoms with E-state index in [0.29, 0.717) is 23.7 Å². The average molecular weight is 291 g/mol. The Morgan fingerprint density at radius 2 is 2.11 bits per heavy atom. The van der Waals surface area contributed by atoms with Gasteiger partial charge in [0, 0.05) is 23.7 Å². The van der Waals surface area contributed by atoms with Gasteiger partial charge in [-0.15, -0.1) is 0 Å². The van der Waals surface area contributed by atoms with Crippen LogP contribution in [0.15, 0.2) is 12.1 Å². The van der Waals surface area contributed by atoms with Crippen LogP contribution >= 0.6 is 23.2 Å². The van der Waals surface area contributed by atoms with E-state index in [1.165, 1.54) is 6.07 Å². The van der Waals surface area contributed by atoms with Gasteiger partial charge in [-0.25, -0.2) is 0 Å². The zero-order valence-electron chi connectivity index (χ0n) is 10.3. The molecule has 100 valence electrons. The van der Waals surface area contributed by atoms with Crippen LogP contribution < -0.4 is 10.6 Å². The summed E-state index contributed by atoms with van der Waals surface area (Å²) in [6.07, 6.45) is 0. The number of phenols is 1. The van der Waals surface area contributed by atoms with Crippen LogP contribution in [0.4, 0.5) is 0 Å². The number of carbonyl (C=O) groups is 1. The zero-order chi connectivity index (χ0) is 13.7. The molecule has 4 nitrogen and oxygen atoms in total. The van der Waals surface area contributed by atoms with Crippen molar-refractivity contribution in [2.75, 3.05) is 6.54 Å². The first kappa shape index (κ1) is 15.1.